The van der Waals surface area contributed by atoms with E-state index in [1.54, 1.807) is 0 Å². The number of ether oxygens (including phenoxy) is 1. The third-order valence-electron chi connectivity index (χ3n) is 4.82. The van der Waals surface area contributed by atoms with Gasteiger partial charge in [-0.15, -0.1) is 0 Å². The highest BCUT2D eigenvalue weighted by Crippen LogP contribution is 2.33. The van der Waals surface area contributed by atoms with Crippen molar-refractivity contribution in [3.63, 3.8) is 0 Å². The number of carbonyl (C=O) groups is 1. The summed E-state index contributed by atoms with van der Waals surface area (Å²) < 4.78 is 5.38. The second-order valence-corrected chi connectivity index (χ2v) is 8.07. The molecule has 1 N–H and O–H groups in total. The summed E-state index contributed by atoms with van der Waals surface area (Å²) >= 11 is 0. The van der Waals surface area contributed by atoms with E-state index >= 15 is 0 Å². The molecular weight excluding hydrogens is 264 g/mol. The Balaban J connectivity index is 1.86. The van der Waals surface area contributed by atoms with Crippen LogP contribution < -0.4 is 5.32 Å². The first-order valence-corrected chi connectivity index (χ1v) is 8.48. The Labute approximate surface area is 129 Å². The number of hydrogen-bond donors (Lipinski definition) is 1. The predicted octanol–water partition coefficient (Wildman–Crippen LogP) is 3.41. The Morgan fingerprint density at radius 3 is 2.48 bits per heavy atom. The van der Waals surface area contributed by atoms with Crippen molar-refractivity contribution in [1.82, 2.24) is 10.2 Å². The van der Waals surface area contributed by atoms with Gasteiger partial charge in [0.2, 0.25) is 0 Å². The molecule has 1 heterocycles. The van der Waals surface area contributed by atoms with E-state index in [1.165, 1.54) is 19.3 Å². The van der Waals surface area contributed by atoms with E-state index in [4.69, 9.17) is 4.74 Å². The van der Waals surface area contributed by atoms with E-state index in [9.17, 15) is 4.79 Å². The third kappa shape index (κ3) is 4.87. The number of piperidine rings is 1. The maximum Gasteiger partial charge on any atom is 0.407 e. The molecule has 2 rings (SSSR count). The van der Waals surface area contributed by atoms with E-state index in [-0.39, 0.29) is 12.1 Å². The SMILES string of the molecule is CC1CC(NC(=O)OC(C)(C)C)CN(C(C)C2CCC2)C1. The van der Waals surface area contributed by atoms with Crippen molar-refractivity contribution in [3.8, 4) is 0 Å². The number of hydrogen-bond acceptors (Lipinski definition) is 3. The summed E-state index contributed by atoms with van der Waals surface area (Å²) in [6, 6.07) is 0.857. The molecular formula is C17H32N2O2. The van der Waals surface area contributed by atoms with E-state index in [2.05, 4.69) is 24.1 Å². The molecule has 0 aromatic heterocycles. The fourth-order valence-electron chi connectivity index (χ4n) is 3.52. The highest BCUT2D eigenvalue weighted by Gasteiger charge is 2.34. The van der Waals surface area contributed by atoms with Crippen LogP contribution in [0, 0.1) is 11.8 Å². The number of nitrogens with one attached hydrogen (secondary N) is 1. The van der Waals surface area contributed by atoms with Crippen molar-refractivity contribution in [2.24, 2.45) is 11.8 Å². The van der Waals surface area contributed by atoms with Gasteiger partial charge < -0.3 is 10.1 Å². The summed E-state index contributed by atoms with van der Waals surface area (Å²) in [4.78, 5) is 14.5. The van der Waals surface area contributed by atoms with E-state index in [0.29, 0.717) is 12.0 Å². The molecule has 3 unspecified atom stereocenters. The maximum atomic E-state index is 12.0. The molecule has 1 amide bonds. The molecule has 0 aromatic rings. The first-order chi connectivity index (χ1) is 9.74. The van der Waals surface area contributed by atoms with Crippen LogP contribution >= 0.6 is 0 Å². The Bertz CT molecular complexity index is 360. The van der Waals surface area contributed by atoms with E-state index in [1.807, 2.05) is 20.8 Å². The van der Waals surface area contributed by atoms with Crippen LogP contribution in [0.4, 0.5) is 4.79 Å². The predicted molar refractivity (Wildman–Crippen MR) is 85.3 cm³/mol. The van der Waals surface area contributed by atoms with Crippen LogP contribution in [0.3, 0.4) is 0 Å². The second kappa shape index (κ2) is 6.55. The molecule has 2 aliphatic rings. The maximum absolute atomic E-state index is 12.0. The normalized spacial score (nSPS) is 29.6. The lowest BCUT2D eigenvalue weighted by atomic mass is 9.79. The summed E-state index contributed by atoms with van der Waals surface area (Å²) in [5.41, 5.74) is -0.427. The third-order valence-corrected chi connectivity index (χ3v) is 4.82. The highest BCUT2D eigenvalue weighted by molar-refractivity contribution is 5.68. The average Bonchev–Trinajstić information content (AvgIpc) is 2.22. The van der Waals surface area contributed by atoms with E-state index in [0.717, 1.165) is 25.4 Å². The van der Waals surface area contributed by atoms with Crippen LogP contribution in [0.2, 0.25) is 0 Å². The van der Waals surface area contributed by atoms with Crippen molar-refractivity contribution in [1.29, 1.82) is 0 Å². The van der Waals surface area contributed by atoms with Crippen molar-refractivity contribution < 1.29 is 9.53 Å². The van der Waals surface area contributed by atoms with Gasteiger partial charge in [0.05, 0.1) is 0 Å². The summed E-state index contributed by atoms with van der Waals surface area (Å²) in [6.07, 6.45) is 4.90. The molecule has 1 aliphatic heterocycles. The Kier molecular flexibility index (Phi) is 5.18. The quantitative estimate of drug-likeness (QED) is 0.867. The smallest absolute Gasteiger partial charge is 0.407 e. The molecule has 4 nitrogen and oxygen atoms in total. The van der Waals surface area contributed by atoms with Gasteiger partial charge in [0.25, 0.3) is 0 Å². The van der Waals surface area contributed by atoms with Gasteiger partial charge in [-0.05, 0) is 58.8 Å². The molecule has 0 radical (unpaired) electrons. The fraction of sp³-hybridized carbons (Fsp3) is 0.941. The number of carbonyl (C=O) groups excluding carboxylic acids is 1. The van der Waals surface area contributed by atoms with Crippen molar-refractivity contribution in [2.75, 3.05) is 13.1 Å². The molecule has 1 saturated carbocycles. The molecule has 2 fully saturated rings. The molecule has 122 valence electrons. The monoisotopic (exact) mass is 296 g/mol. The van der Waals surface area contributed by atoms with Crippen LogP contribution in [-0.2, 0) is 4.74 Å². The molecule has 0 bridgehead atoms. The second-order valence-electron chi connectivity index (χ2n) is 8.07. The van der Waals surface area contributed by atoms with Gasteiger partial charge in [-0.25, -0.2) is 4.79 Å². The van der Waals surface area contributed by atoms with Crippen LogP contribution in [0.1, 0.15) is 60.3 Å². The summed E-state index contributed by atoms with van der Waals surface area (Å²) in [7, 11) is 0. The zero-order chi connectivity index (χ0) is 15.6. The Morgan fingerprint density at radius 2 is 1.95 bits per heavy atom. The van der Waals surface area contributed by atoms with Crippen molar-refractivity contribution in [2.45, 2.75) is 78.0 Å². The molecule has 21 heavy (non-hydrogen) atoms. The molecule has 4 heteroatoms. The summed E-state index contributed by atoms with van der Waals surface area (Å²) in [5, 5.41) is 3.06. The lowest BCUT2D eigenvalue weighted by Gasteiger charge is -2.45. The highest BCUT2D eigenvalue weighted by atomic mass is 16.6. The number of rotatable bonds is 3. The number of alkyl carbamates (subject to hydrolysis) is 1. The lowest BCUT2D eigenvalue weighted by Crippen LogP contribution is -2.55. The zero-order valence-electron chi connectivity index (χ0n) is 14.3. The van der Waals surface area contributed by atoms with Gasteiger partial charge in [0.1, 0.15) is 5.60 Å². The number of nitrogens with zero attached hydrogens (tertiary/aromatic N) is 1. The molecule has 0 aromatic carbocycles. The van der Waals surface area contributed by atoms with Gasteiger partial charge in [-0.2, -0.15) is 0 Å². The van der Waals surface area contributed by atoms with E-state index < -0.39 is 5.60 Å². The van der Waals surface area contributed by atoms with Gasteiger partial charge in [-0.3, -0.25) is 4.90 Å². The number of likely N-dealkylation sites (tertiary alicyclic amines) is 1. The zero-order valence-corrected chi connectivity index (χ0v) is 14.3. The summed E-state index contributed by atoms with van der Waals surface area (Å²) in [6.45, 7) is 12.5. The fourth-order valence-corrected chi connectivity index (χ4v) is 3.52. The molecule has 0 spiro atoms. The van der Waals surface area contributed by atoms with Crippen LogP contribution in [0.25, 0.3) is 0 Å². The first-order valence-electron chi connectivity index (χ1n) is 8.48. The van der Waals surface area contributed by atoms with Gasteiger partial charge in [0.15, 0.2) is 0 Å². The minimum Gasteiger partial charge on any atom is -0.444 e. The largest absolute Gasteiger partial charge is 0.444 e. The first kappa shape index (κ1) is 16.6. The standard InChI is InChI=1S/C17H32N2O2/c1-12-9-15(18-16(20)21-17(3,4)5)11-19(10-12)13(2)14-7-6-8-14/h12-15H,6-11H2,1-5H3,(H,18,20). The Hall–Kier alpha value is -0.770. The topological polar surface area (TPSA) is 41.6 Å². The van der Waals surface area contributed by atoms with Crippen molar-refractivity contribution >= 4 is 6.09 Å². The Morgan fingerprint density at radius 1 is 1.29 bits per heavy atom. The van der Waals surface area contributed by atoms with Gasteiger partial charge in [0, 0.05) is 25.2 Å². The minimum atomic E-state index is -0.427. The average molecular weight is 296 g/mol. The molecule has 1 aliphatic carbocycles. The van der Waals surface area contributed by atoms with Crippen LogP contribution in [0.15, 0.2) is 0 Å². The van der Waals surface area contributed by atoms with Crippen molar-refractivity contribution in [3.05, 3.63) is 0 Å². The van der Waals surface area contributed by atoms with Gasteiger partial charge >= 0.3 is 6.09 Å². The lowest BCUT2D eigenvalue weighted by molar-refractivity contribution is 0.0337. The number of amides is 1. The van der Waals surface area contributed by atoms with Gasteiger partial charge in [-0.1, -0.05) is 13.3 Å². The van der Waals surface area contributed by atoms with Crippen LogP contribution in [0.5, 0.6) is 0 Å². The minimum absolute atomic E-state index is 0.214. The summed E-state index contributed by atoms with van der Waals surface area (Å²) in [5.74, 6) is 1.48. The molecule has 3 atom stereocenters. The molecule has 1 saturated heterocycles. The van der Waals surface area contributed by atoms with Crippen LogP contribution in [-0.4, -0.2) is 41.8 Å².